The van der Waals surface area contributed by atoms with E-state index < -0.39 is 17.6 Å². The molecule has 3 rings (SSSR count). The highest BCUT2D eigenvalue weighted by atomic mass is 16.5. The SMILES string of the molecule is CCC(CCC(=O)N(C)C(COC(C)(C)C)C(=O)OC)n1c(N)nc2ccc(Oc3ccccc3)cc21. The van der Waals surface area contributed by atoms with Crippen LogP contribution in [-0.4, -0.2) is 58.7 Å². The molecule has 1 aromatic heterocycles. The molecule has 37 heavy (non-hydrogen) atoms. The van der Waals surface area contributed by atoms with Crippen LogP contribution in [0, 0.1) is 0 Å². The molecule has 2 N–H and O–H groups in total. The largest absolute Gasteiger partial charge is 0.467 e. The fourth-order valence-corrected chi connectivity index (χ4v) is 4.12. The lowest BCUT2D eigenvalue weighted by molar-refractivity contribution is -0.156. The number of nitrogens with zero attached hydrogens (tertiary/aromatic N) is 3. The van der Waals surface area contributed by atoms with E-state index in [4.69, 9.17) is 19.9 Å². The Morgan fingerprint density at radius 2 is 1.81 bits per heavy atom. The molecule has 200 valence electrons. The minimum Gasteiger partial charge on any atom is -0.467 e. The highest BCUT2D eigenvalue weighted by Gasteiger charge is 2.30. The second kappa shape index (κ2) is 12.1. The zero-order valence-corrected chi connectivity index (χ0v) is 22.6. The maximum absolute atomic E-state index is 13.1. The number of nitrogen functional groups attached to an aromatic ring is 1. The van der Waals surface area contributed by atoms with Crippen molar-refractivity contribution in [3.8, 4) is 11.5 Å². The summed E-state index contributed by atoms with van der Waals surface area (Å²) in [7, 11) is 2.91. The molecule has 9 nitrogen and oxygen atoms in total. The Kier molecular flexibility index (Phi) is 9.15. The molecule has 0 saturated carbocycles. The lowest BCUT2D eigenvalue weighted by Gasteiger charge is -2.29. The number of amides is 1. The van der Waals surface area contributed by atoms with Gasteiger partial charge in [0.25, 0.3) is 0 Å². The van der Waals surface area contributed by atoms with E-state index in [1.54, 1.807) is 7.05 Å². The summed E-state index contributed by atoms with van der Waals surface area (Å²) in [5.74, 6) is 1.10. The van der Waals surface area contributed by atoms with Crippen molar-refractivity contribution in [2.45, 2.75) is 64.6 Å². The van der Waals surface area contributed by atoms with Crippen molar-refractivity contribution in [2.75, 3.05) is 26.5 Å². The summed E-state index contributed by atoms with van der Waals surface area (Å²) >= 11 is 0. The molecule has 0 bridgehead atoms. The minimum absolute atomic E-state index is 0.0545. The summed E-state index contributed by atoms with van der Waals surface area (Å²) in [4.78, 5) is 31.4. The topological polar surface area (TPSA) is 109 Å². The lowest BCUT2D eigenvalue weighted by atomic mass is 10.1. The Bertz CT molecular complexity index is 1200. The van der Waals surface area contributed by atoms with Crippen molar-refractivity contribution in [1.82, 2.24) is 14.5 Å². The van der Waals surface area contributed by atoms with E-state index in [1.807, 2.05) is 80.8 Å². The number of anilines is 1. The second-order valence-corrected chi connectivity index (χ2v) is 9.97. The molecule has 0 aliphatic heterocycles. The van der Waals surface area contributed by atoms with Crippen LogP contribution in [0.2, 0.25) is 0 Å². The summed E-state index contributed by atoms with van der Waals surface area (Å²) in [5, 5.41) is 0. The number of carbonyl (C=O) groups excluding carboxylic acids is 2. The summed E-state index contributed by atoms with van der Waals surface area (Å²) in [6.45, 7) is 7.78. The van der Waals surface area contributed by atoms with Gasteiger partial charge < -0.3 is 29.4 Å². The summed E-state index contributed by atoms with van der Waals surface area (Å²) in [6, 6.07) is 14.3. The Morgan fingerprint density at radius 1 is 1.11 bits per heavy atom. The number of hydrogen-bond donors (Lipinski definition) is 1. The van der Waals surface area contributed by atoms with Crippen molar-refractivity contribution in [2.24, 2.45) is 0 Å². The van der Waals surface area contributed by atoms with Gasteiger partial charge in [0.2, 0.25) is 11.9 Å². The molecule has 0 radical (unpaired) electrons. The van der Waals surface area contributed by atoms with Crippen molar-refractivity contribution >= 4 is 28.9 Å². The van der Waals surface area contributed by atoms with Gasteiger partial charge in [0, 0.05) is 25.6 Å². The van der Waals surface area contributed by atoms with Crippen LogP contribution in [0.4, 0.5) is 5.95 Å². The van der Waals surface area contributed by atoms with E-state index in [0.717, 1.165) is 23.2 Å². The molecule has 0 spiro atoms. The Morgan fingerprint density at radius 3 is 2.43 bits per heavy atom. The van der Waals surface area contributed by atoms with Crippen molar-refractivity contribution in [3.63, 3.8) is 0 Å². The molecule has 3 aromatic rings. The normalized spacial score (nSPS) is 13.2. The van der Waals surface area contributed by atoms with Crippen molar-refractivity contribution in [3.05, 3.63) is 48.5 Å². The average Bonchev–Trinajstić information content (AvgIpc) is 3.19. The molecule has 9 heteroatoms. The van der Waals surface area contributed by atoms with E-state index in [9.17, 15) is 9.59 Å². The van der Waals surface area contributed by atoms with Gasteiger partial charge in [-0.1, -0.05) is 25.1 Å². The number of benzene rings is 2. The predicted molar refractivity (Wildman–Crippen MR) is 144 cm³/mol. The molecule has 1 heterocycles. The maximum Gasteiger partial charge on any atom is 0.330 e. The number of imidazole rings is 1. The number of nitrogens with two attached hydrogens (primary N) is 1. The number of para-hydroxylation sites is 1. The molecule has 0 saturated heterocycles. The minimum atomic E-state index is -0.825. The third kappa shape index (κ3) is 7.22. The first kappa shape index (κ1) is 28.0. The van der Waals surface area contributed by atoms with Gasteiger partial charge in [0.1, 0.15) is 11.5 Å². The number of methoxy groups -OCH3 is 1. The smallest absolute Gasteiger partial charge is 0.330 e. The van der Waals surface area contributed by atoms with Gasteiger partial charge in [-0.2, -0.15) is 0 Å². The zero-order chi connectivity index (χ0) is 27.2. The van der Waals surface area contributed by atoms with Gasteiger partial charge in [-0.05, 0) is 57.9 Å². The maximum atomic E-state index is 13.1. The number of likely N-dealkylation sites (N-methyl/N-ethyl adjacent to an activating group) is 1. The molecule has 0 aliphatic carbocycles. The zero-order valence-electron chi connectivity index (χ0n) is 22.6. The highest BCUT2D eigenvalue weighted by Crippen LogP contribution is 2.32. The van der Waals surface area contributed by atoms with Gasteiger partial charge in [0.15, 0.2) is 6.04 Å². The number of fused-ring (bicyclic) bond motifs is 1. The first-order valence-electron chi connectivity index (χ1n) is 12.5. The second-order valence-electron chi connectivity index (χ2n) is 9.97. The summed E-state index contributed by atoms with van der Waals surface area (Å²) < 4.78 is 18.7. The molecular formula is C28H38N4O5. The Balaban J connectivity index is 1.76. The van der Waals surface area contributed by atoms with Crippen molar-refractivity contribution < 1.29 is 23.8 Å². The van der Waals surface area contributed by atoms with Crippen LogP contribution in [0.25, 0.3) is 11.0 Å². The summed E-state index contributed by atoms with van der Waals surface area (Å²) in [5.41, 5.74) is 7.46. The third-order valence-electron chi connectivity index (χ3n) is 6.20. The van der Waals surface area contributed by atoms with Crippen LogP contribution in [0.1, 0.15) is 53.0 Å². The van der Waals surface area contributed by atoms with E-state index in [-0.39, 0.29) is 25.0 Å². The average molecular weight is 511 g/mol. The van der Waals surface area contributed by atoms with Gasteiger partial charge >= 0.3 is 5.97 Å². The highest BCUT2D eigenvalue weighted by molar-refractivity contribution is 5.84. The predicted octanol–water partition coefficient (Wildman–Crippen LogP) is 4.96. The van der Waals surface area contributed by atoms with Crippen LogP contribution in [0.15, 0.2) is 48.5 Å². The quantitative estimate of drug-likeness (QED) is 0.363. The van der Waals surface area contributed by atoms with Gasteiger partial charge in [-0.25, -0.2) is 9.78 Å². The van der Waals surface area contributed by atoms with Crippen LogP contribution in [0.3, 0.4) is 0 Å². The first-order chi connectivity index (χ1) is 17.5. The number of aromatic nitrogens is 2. The molecule has 2 atom stereocenters. The van der Waals surface area contributed by atoms with E-state index in [0.29, 0.717) is 18.1 Å². The van der Waals surface area contributed by atoms with Crippen molar-refractivity contribution in [1.29, 1.82) is 0 Å². The summed E-state index contributed by atoms with van der Waals surface area (Å²) in [6.07, 6.45) is 1.48. The van der Waals surface area contributed by atoms with Crippen LogP contribution < -0.4 is 10.5 Å². The standard InChI is InChI=1S/C28H38N4O5/c1-7-19(13-16-25(33)31(5)24(26(34)35-6)18-36-28(2,3)4)32-23-17-21(14-15-22(23)30-27(32)29)37-20-11-9-8-10-12-20/h8-12,14-15,17,19,24H,7,13,16,18H2,1-6H3,(H2,29,30). The van der Waals surface area contributed by atoms with E-state index >= 15 is 0 Å². The van der Waals surface area contributed by atoms with Gasteiger partial charge in [-0.15, -0.1) is 0 Å². The van der Waals surface area contributed by atoms with Gasteiger partial charge in [-0.3, -0.25) is 4.79 Å². The molecule has 1 amide bonds. The van der Waals surface area contributed by atoms with Crippen LogP contribution in [-0.2, 0) is 19.1 Å². The Hall–Kier alpha value is -3.59. The van der Waals surface area contributed by atoms with E-state index in [2.05, 4.69) is 4.98 Å². The first-order valence-corrected chi connectivity index (χ1v) is 12.5. The molecular weight excluding hydrogens is 472 g/mol. The Labute approximate surface area is 218 Å². The third-order valence-corrected chi connectivity index (χ3v) is 6.20. The number of ether oxygens (including phenoxy) is 3. The van der Waals surface area contributed by atoms with Crippen LogP contribution >= 0.6 is 0 Å². The molecule has 2 aromatic carbocycles. The number of rotatable bonds is 11. The molecule has 2 unspecified atom stereocenters. The molecule has 0 aliphatic rings. The number of carbonyl (C=O) groups is 2. The van der Waals surface area contributed by atoms with E-state index in [1.165, 1.54) is 12.0 Å². The fourth-order valence-electron chi connectivity index (χ4n) is 4.12. The monoisotopic (exact) mass is 510 g/mol. The fraction of sp³-hybridized carbons (Fsp3) is 0.464. The van der Waals surface area contributed by atoms with Gasteiger partial charge in [0.05, 0.1) is 30.4 Å². The molecule has 0 fully saturated rings. The number of esters is 1. The van der Waals surface area contributed by atoms with Crippen LogP contribution in [0.5, 0.6) is 11.5 Å². The number of hydrogen-bond acceptors (Lipinski definition) is 7. The lowest BCUT2D eigenvalue weighted by Crippen LogP contribution is -2.47.